The molecule has 2 amide bonds. The van der Waals surface area contributed by atoms with Gasteiger partial charge in [-0.15, -0.1) is 0 Å². The maximum atomic E-state index is 11.3. The van der Waals surface area contributed by atoms with Gasteiger partial charge in [-0.1, -0.05) is 13.3 Å². The predicted molar refractivity (Wildman–Crippen MR) is 53.2 cm³/mol. The molecule has 0 aliphatic rings. The lowest BCUT2D eigenvalue weighted by molar-refractivity contribution is -0.135. The van der Waals surface area contributed by atoms with Gasteiger partial charge in [0.1, 0.15) is 6.54 Å². The standard InChI is InChI=1S/C9H18N2O3/c1-3-5-6-11(4-2)9(14)10-7-8(12)13/h3-7H2,1-2H3,(H,10,14)(H,12,13). The Bertz CT molecular complexity index is 194. The maximum absolute atomic E-state index is 11.3. The highest BCUT2D eigenvalue weighted by atomic mass is 16.4. The molecular formula is C9H18N2O3. The van der Waals surface area contributed by atoms with E-state index in [4.69, 9.17) is 5.11 Å². The zero-order chi connectivity index (χ0) is 11.0. The highest BCUT2D eigenvalue weighted by Gasteiger charge is 2.10. The summed E-state index contributed by atoms with van der Waals surface area (Å²) in [6.07, 6.45) is 1.96. The Labute approximate surface area is 84.1 Å². The Morgan fingerprint density at radius 3 is 2.43 bits per heavy atom. The molecule has 0 aliphatic heterocycles. The summed E-state index contributed by atoms with van der Waals surface area (Å²) in [5.41, 5.74) is 0. The molecule has 2 N–H and O–H groups in total. The molecule has 0 aromatic heterocycles. The lowest BCUT2D eigenvalue weighted by Gasteiger charge is -2.20. The lowest BCUT2D eigenvalue weighted by atomic mass is 10.3. The van der Waals surface area contributed by atoms with E-state index < -0.39 is 5.97 Å². The number of aliphatic carboxylic acids is 1. The number of carboxylic acid groups (broad SMARTS) is 1. The van der Waals surface area contributed by atoms with Crippen molar-refractivity contribution in [3.8, 4) is 0 Å². The summed E-state index contributed by atoms with van der Waals surface area (Å²) < 4.78 is 0. The monoisotopic (exact) mass is 202 g/mol. The van der Waals surface area contributed by atoms with Crippen LogP contribution in [0.25, 0.3) is 0 Å². The van der Waals surface area contributed by atoms with Crippen LogP contribution in [0, 0.1) is 0 Å². The van der Waals surface area contributed by atoms with Gasteiger partial charge in [-0.3, -0.25) is 4.79 Å². The van der Waals surface area contributed by atoms with E-state index in [0.29, 0.717) is 13.1 Å². The average Bonchev–Trinajstić information content (AvgIpc) is 2.16. The van der Waals surface area contributed by atoms with Gasteiger partial charge in [0.2, 0.25) is 0 Å². The summed E-state index contributed by atoms with van der Waals surface area (Å²) in [6, 6.07) is -0.302. The largest absolute Gasteiger partial charge is 0.480 e. The number of carboxylic acids is 1. The minimum absolute atomic E-state index is 0.302. The molecule has 0 aromatic rings. The number of hydrogen-bond donors (Lipinski definition) is 2. The molecule has 0 radical (unpaired) electrons. The molecule has 0 aliphatic carbocycles. The molecular weight excluding hydrogens is 184 g/mol. The van der Waals surface area contributed by atoms with E-state index in [9.17, 15) is 9.59 Å². The number of nitrogens with one attached hydrogen (secondary N) is 1. The number of carbonyl (C=O) groups excluding carboxylic acids is 1. The minimum atomic E-state index is -1.02. The second-order valence-electron chi connectivity index (χ2n) is 2.99. The van der Waals surface area contributed by atoms with E-state index in [-0.39, 0.29) is 12.6 Å². The normalized spacial score (nSPS) is 9.57. The topological polar surface area (TPSA) is 69.6 Å². The van der Waals surface area contributed by atoms with Crippen LogP contribution in [-0.2, 0) is 4.79 Å². The van der Waals surface area contributed by atoms with Gasteiger partial charge < -0.3 is 15.3 Å². The third-order valence-corrected chi connectivity index (χ3v) is 1.84. The zero-order valence-electron chi connectivity index (χ0n) is 8.75. The molecule has 0 rings (SSSR count). The fraction of sp³-hybridized carbons (Fsp3) is 0.778. The van der Waals surface area contributed by atoms with Crippen LogP contribution in [0.4, 0.5) is 4.79 Å². The second kappa shape index (κ2) is 7.17. The van der Waals surface area contributed by atoms with Crippen LogP contribution < -0.4 is 5.32 Å². The van der Waals surface area contributed by atoms with Crippen LogP contribution in [0.5, 0.6) is 0 Å². The smallest absolute Gasteiger partial charge is 0.323 e. The highest BCUT2D eigenvalue weighted by Crippen LogP contribution is 1.94. The van der Waals surface area contributed by atoms with Crippen molar-refractivity contribution in [3.63, 3.8) is 0 Å². The van der Waals surface area contributed by atoms with Gasteiger partial charge in [-0.2, -0.15) is 0 Å². The third kappa shape index (κ3) is 5.40. The van der Waals surface area contributed by atoms with Gasteiger partial charge in [0.05, 0.1) is 0 Å². The Morgan fingerprint density at radius 1 is 1.36 bits per heavy atom. The number of rotatable bonds is 6. The fourth-order valence-electron chi connectivity index (χ4n) is 1.02. The Morgan fingerprint density at radius 2 is 2.00 bits per heavy atom. The molecule has 5 nitrogen and oxygen atoms in total. The van der Waals surface area contributed by atoms with E-state index in [0.717, 1.165) is 12.8 Å². The number of hydrogen-bond acceptors (Lipinski definition) is 2. The van der Waals surface area contributed by atoms with Crippen LogP contribution in [0.1, 0.15) is 26.7 Å². The quantitative estimate of drug-likeness (QED) is 0.672. The van der Waals surface area contributed by atoms with Crippen molar-refractivity contribution in [2.45, 2.75) is 26.7 Å². The molecule has 82 valence electrons. The average molecular weight is 202 g/mol. The number of amides is 2. The van der Waals surface area contributed by atoms with Crippen LogP contribution >= 0.6 is 0 Å². The van der Waals surface area contributed by atoms with Gasteiger partial charge in [0, 0.05) is 13.1 Å². The molecule has 0 saturated heterocycles. The maximum Gasteiger partial charge on any atom is 0.323 e. The van der Waals surface area contributed by atoms with Gasteiger partial charge in [-0.25, -0.2) is 4.79 Å². The van der Waals surface area contributed by atoms with Crippen molar-refractivity contribution < 1.29 is 14.7 Å². The fourth-order valence-corrected chi connectivity index (χ4v) is 1.02. The zero-order valence-corrected chi connectivity index (χ0v) is 8.75. The van der Waals surface area contributed by atoms with Crippen molar-refractivity contribution in [2.75, 3.05) is 19.6 Å². The first-order chi connectivity index (χ1) is 6.61. The van der Waals surface area contributed by atoms with Crippen LogP contribution in [0.15, 0.2) is 0 Å². The van der Waals surface area contributed by atoms with Crippen LogP contribution in [0.2, 0.25) is 0 Å². The Hall–Kier alpha value is -1.26. The second-order valence-corrected chi connectivity index (χ2v) is 2.99. The third-order valence-electron chi connectivity index (χ3n) is 1.84. The Kier molecular flexibility index (Phi) is 6.53. The van der Waals surface area contributed by atoms with E-state index in [1.54, 1.807) is 4.90 Å². The molecule has 0 heterocycles. The molecule has 0 spiro atoms. The molecule has 0 unspecified atom stereocenters. The predicted octanol–water partition coefficient (Wildman–Crippen LogP) is 0.903. The van der Waals surface area contributed by atoms with Crippen molar-refractivity contribution >= 4 is 12.0 Å². The first kappa shape index (κ1) is 12.7. The van der Waals surface area contributed by atoms with Gasteiger partial charge in [0.25, 0.3) is 0 Å². The van der Waals surface area contributed by atoms with Crippen molar-refractivity contribution in [2.24, 2.45) is 0 Å². The van der Waals surface area contributed by atoms with Crippen molar-refractivity contribution in [1.82, 2.24) is 10.2 Å². The highest BCUT2D eigenvalue weighted by molar-refractivity contribution is 5.79. The molecule has 0 fully saturated rings. The molecule has 0 saturated carbocycles. The number of unbranched alkanes of at least 4 members (excludes halogenated alkanes) is 1. The van der Waals surface area contributed by atoms with Crippen molar-refractivity contribution in [1.29, 1.82) is 0 Å². The SMILES string of the molecule is CCCCN(CC)C(=O)NCC(=O)O. The summed E-state index contributed by atoms with van der Waals surface area (Å²) in [5, 5.41) is 10.7. The first-order valence-electron chi connectivity index (χ1n) is 4.86. The number of nitrogens with zero attached hydrogens (tertiary/aromatic N) is 1. The minimum Gasteiger partial charge on any atom is -0.480 e. The molecule has 5 heteroatoms. The van der Waals surface area contributed by atoms with Gasteiger partial charge in [-0.05, 0) is 13.3 Å². The number of urea groups is 1. The summed E-state index contributed by atoms with van der Waals surface area (Å²) in [7, 11) is 0. The van der Waals surface area contributed by atoms with Gasteiger partial charge >= 0.3 is 12.0 Å². The molecule has 14 heavy (non-hydrogen) atoms. The van der Waals surface area contributed by atoms with E-state index in [1.165, 1.54) is 0 Å². The Balaban J connectivity index is 3.85. The summed E-state index contributed by atoms with van der Waals surface area (Å²) in [6.45, 7) is 4.88. The summed E-state index contributed by atoms with van der Waals surface area (Å²) in [5.74, 6) is -1.02. The van der Waals surface area contributed by atoms with E-state index in [1.807, 2.05) is 13.8 Å². The molecule has 0 atom stereocenters. The number of carbonyl (C=O) groups is 2. The summed E-state index contributed by atoms with van der Waals surface area (Å²) in [4.78, 5) is 23.1. The lowest BCUT2D eigenvalue weighted by Crippen LogP contribution is -2.42. The van der Waals surface area contributed by atoms with E-state index >= 15 is 0 Å². The van der Waals surface area contributed by atoms with Crippen LogP contribution in [0.3, 0.4) is 0 Å². The van der Waals surface area contributed by atoms with Crippen LogP contribution in [-0.4, -0.2) is 41.6 Å². The van der Waals surface area contributed by atoms with Gasteiger partial charge in [0.15, 0.2) is 0 Å². The molecule has 0 aromatic carbocycles. The summed E-state index contributed by atoms with van der Waals surface area (Å²) >= 11 is 0. The molecule has 0 bridgehead atoms. The van der Waals surface area contributed by atoms with E-state index in [2.05, 4.69) is 5.32 Å². The van der Waals surface area contributed by atoms with Crippen molar-refractivity contribution in [3.05, 3.63) is 0 Å². The first-order valence-corrected chi connectivity index (χ1v) is 4.86.